The second kappa shape index (κ2) is 4.31. The van der Waals surface area contributed by atoms with E-state index in [1.807, 2.05) is 11.6 Å². The van der Waals surface area contributed by atoms with Crippen molar-refractivity contribution >= 4 is 11.3 Å². The summed E-state index contributed by atoms with van der Waals surface area (Å²) in [5, 5.41) is 13.7. The number of H-pyrrole nitrogens is 1. The van der Waals surface area contributed by atoms with Crippen LogP contribution in [0.4, 0.5) is 0 Å². The highest BCUT2D eigenvalue weighted by Gasteiger charge is 2.20. The summed E-state index contributed by atoms with van der Waals surface area (Å²) in [5.41, 5.74) is 0. The van der Waals surface area contributed by atoms with E-state index in [9.17, 15) is 0 Å². The van der Waals surface area contributed by atoms with Gasteiger partial charge in [0, 0.05) is 11.6 Å². The molecule has 1 atom stereocenters. The fourth-order valence-corrected chi connectivity index (χ4v) is 2.55. The molecule has 0 saturated carbocycles. The fourth-order valence-electron chi connectivity index (χ4n) is 1.93. The first kappa shape index (κ1) is 9.92. The molecule has 3 rings (SSSR count). The number of aromatic amines is 1. The lowest BCUT2D eigenvalue weighted by Crippen LogP contribution is -2.14. The standard InChI is InChI=1S/C10H13N5S/c1-2-7(11-3-1)10-13-8(14-15-10)6-9-12-4-5-16-9/h4-5,7,11H,1-3,6H2,(H,13,14,15). The molecule has 6 heteroatoms. The molecule has 0 bridgehead atoms. The Morgan fingerprint density at radius 1 is 1.50 bits per heavy atom. The molecule has 1 fully saturated rings. The highest BCUT2D eigenvalue weighted by molar-refractivity contribution is 7.09. The lowest BCUT2D eigenvalue weighted by molar-refractivity contribution is 0.607. The number of hydrogen-bond acceptors (Lipinski definition) is 5. The summed E-state index contributed by atoms with van der Waals surface area (Å²) in [6.45, 7) is 1.07. The van der Waals surface area contributed by atoms with Crippen molar-refractivity contribution in [2.45, 2.75) is 25.3 Å². The predicted octanol–water partition coefficient (Wildman–Crippen LogP) is 1.28. The zero-order chi connectivity index (χ0) is 10.8. The van der Waals surface area contributed by atoms with E-state index in [1.54, 1.807) is 11.3 Å². The molecule has 0 spiro atoms. The fraction of sp³-hybridized carbons (Fsp3) is 0.500. The highest BCUT2D eigenvalue weighted by Crippen LogP contribution is 2.19. The van der Waals surface area contributed by atoms with Crippen molar-refractivity contribution < 1.29 is 0 Å². The van der Waals surface area contributed by atoms with Crippen molar-refractivity contribution in [3.8, 4) is 0 Å². The summed E-state index contributed by atoms with van der Waals surface area (Å²) in [4.78, 5) is 8.74. The van der Waals surface area contributed by atoms with Gasteiger partial charge >= 0.3 is 0 Å². The van der Waals surface area contributed by atoms with Gasteiger partial charge < -0.3 is 5.32 Å². The van der Waals surface area contributed by atoms with Crippen LogP contribution in [0.25, 0.3) is 0 Å². The Bertz CT molecular complexity index is 443. The van der Waals surface area contributed by atoms with E-state index in [0.717, 1.165) is 36.0 Å². The Morgan fingerprint density at radius 2 is 2.50 bits per heavy atom. The lowest BCUT2D eigenvalue weighted by atomic mass is 10.2. The first-order chi connectivity index (χ1) is 7.92. The molecule has 0 radical (unpaired) electrons. The SMILES string of the molecule is c1csc(Cc2nc(C3CCCN3)n[nH]2)n1. The monoisotopic (exact) mass is 235 g/mol. The number of rotatable bonds is 3. The van der Waals surface area contributed by atoms with Crippen LogP contribution in [-0.2, 0) is 6.42 Å². The number of hydrogen-bond donors (Lipinski definition) is 2. The molecule has 3 heterocycles. The summed E-state index contributed by atoms with van der Waals surface area (Å²) in [6.07, 6.45) is 4.91. The molecule has 2 aromatic rings. The Labute approximate surface area is 97.3 Å². The summed E-state index contributed by atoms with van der Waals surface area (Å²) in [5.74, 6) is 1.79. The number of thiazole rings is 1. The molecule has 0 aromatic carbocycles. The quantitative estimate of drug-likeness (QED) is 0.841. The Kier molecular flexibility index (Phi) is 2.67. The first-order valence-corrected chi connectivity index (χ1v) is 6.33. The number of aromatic nitrogens is 4. The summed E-state index contributed by atoms with van der Waals surface area (Å²) >= 11 is 1.64. The maximum absolute atomic E-state index is 4.50. The van der Waals surface area contributed by atoms with Gasteiger partial charge in [-0.25, -0.2) is 9.97 Å². The van der Waals surface area contributed by atoms with E-state index >= 15 is 0 Å². The van der Waals surface area contributed by atoms with Crippen LogP contribution in [0, 0.1) is 0 Å². The molecular weight excluding hydrogens is 222 g/mol. The maximum Gasteiger partial charge on any atom is 0.167 e. The third-order valence-electron chi connectivity index (χ3n) is 2.72. The van der Waals surface area contributed by atoms with Crippen molar-refractivity contribution in [2.24, 2.45) is 0 Å². The second-order valence-electron chi connectivity index (χ2n) is 3.89. The minimum atomic E-state index is 0.335. The Hall–Kier alpha value is -1.27. The molecule has 84 valence electrons. The Morgan fingerprint density at radius 3 is 3.25 bits per heavy atom. The van der Waals surface area contributed by atoms with Gasteiger partial charge in [-0.3, -0.25) is 5.10 Å². The van der Waals surface area contributed by atoms with Crippen molar-refractivity contribution in [2.75, 3.05) is 6.54 Å². The largest absolute Gasteiger partial charge is 0.307 e. The van der Waals surface area contributed by atoms with Crippen molar-refractivity contribution in [3.05, 3.63) is 28.2 Å². The number of nitrogens with zero attached hydrogens (tertiary/aromatic N) is 3. The Balaban J connectivity index is 1.72. The first-order valence-electron chi connectivity index (χ1n) is 5.45. The van der Waals surface area contributed by atoms with Gasteiger partial charge in [-0.15, -0.1) is 11.3 Å². The minimum absolute atomic E-state index is 0.335. The lowest BCUT2D eigenvalue weighted by Gasteiger charge is -2.02. The van der Waals surface area contributed by atoms with E-state index < -0.39 is 0 Å². The average Bonchev–Trinajstić information content (AvgIpc) is 2.99. The zero-order valence-corrected chi connectivity index (χ0v) is 9.63. The molecule has 2 aromatic heterocycles. The van der Waals surface area contributed by atoms with Crippen molar-refractivity contribution in [1.29, 1.82) is 0 Å². The van der Waals surface area contributed by atoms with E-state index in [2.05, 4.69) is 25.5 Å². The normalized spacial score (nSPS) is 20.4. The summed E-state index contributed by atoms with van der Waals surface area (Å²) < 4.78 is 0. The van der Waals surface area contributed by atoms with Crippen LogP contribution in [0.3, 0.4) is 0 Å². The molecule has 0 amide bonds. The van der Waals surface area contributed by atoms with Gasteiger partial charge in [0.25, 0.3) is 0 Å². The van der Waals surface area contributed by atoms with E-state index in [0.29, 0.717) is 6.04 Å². The molecule has 1 unspecified atom stereocenters. The molecule has 1 saturated heterocycles. The van der Waals surface area contributed by atoms with Crippen LogP contribution in [-0.4, -0.2) is 26.7 Å². The predicted molar refractivity (Wildman–Crippen MR) is 61.3 cm³/mol. The molecule has 1 aliphatic rings. The molecule has 5 nitrogen and oxygen atoms in total. The zero-order valence-electron chi connectivity index (χ0n) is 8.81. The van der Waals surface area contributed by atoms with Crippen LogP contribution in [0.5, 0.6) is 0 Å². The van der Waals surface area contributed by atoms with Crippen LogP contribution in [0.15, 0.2) is 11.6 Å². The van der Waals surface area contributed by atoms with Gasteiger partial charge in [-0.1, -0.05) is 0 Å². The summed E-state index contributed by atoms with van der Waals surface area (Å²) in [6, 6.07) is 0.335. The van der Waals surface area contributed by atoms with Gasteiger partial charge in [-0.2, -0.15) is 5.10 Å². The molecule has 2 N–H and O–H groups in total. The van der Waals surface area contributed by atoms with Crippen LogP contribution < -0.4 is 5.32 Å². The minimum Gasteiger partial charge on any atom is -0.307 e. The third-order valence-corrected chi connectivity index (χ3v) is 3.50. The highest BCUT2D eigenvalue weighted by atomic mass is 32.1. The topological polar surface area (TPSA) is 66.5 Å². The van der Waals surface area contributed by atoms with Gasteiger partial charge in [0.1, 0.15) is 10.8 Å². The molecule has 1 aliphatic heterocycles. The van der Waals surface area contributed by atoms with Crippen LogP contribution in [0.2, 0.25) is 0 Å². The summed E-state index contributed by atoms with van der Waals surface area (Å²) in [7, 11) is 0. The third kappa shape index (κ3) is 1.98. The number of nitrogens with one attached hydrogen (secondary N) is 2. The average molecular weight is 235 g/mol. The van der Waals surface area contributed by atoms with Gasteiger partial charge in [-0.05, 0) is 19.4 Å². The van der Waals surface area contributed by atoms with Gasteiger partial charge in [0.2, 0.25) is 0 Å². The van der Waals surface area contributed by atoms with Crippen LogP contribution in [0.1, 0.15) is 35.5 Å². The van der Waals surface area contributed by atoms with Gasteiger partial charge in [0.15, 0.2) is 5.82 Å². The van der Waals surface area contributed by atoms with Crippen molar-refractivity contribution in [1.82, 2.24) is 25.5 Å². The van der Waals surface area contributed by atoms with Crippen LogP contribution >= 0.6 is 11.3 Å². The van der Waals surface area contributed by atoms with E-state index in [-0.39, 0.29) is 0 Å². The second-order valence-corrected chi connectivity index (χ2v) is 4.87. The molecule has 16 heavy (non-hydrogen) atoms. The molecular formula is C10H13N5S. The molecule has 0 aliphatic carbocycles. The maximum atomic E-state index is 4.50. The van der Waals surface area contributed by atoms with Gasteiger partial charge in [0.05, 0.1) is 12.5 Å². The van der Waals surface area contributed by atoms with E-state index in [4.69, 9.17) is 0 Å². The van der Waals surface area contributed by atoms with Crippen molar-refractivity contribution in [3.63, 3.8) is 0 Å². The smallest absolute Gasteiger partial charge is 0.167 e. The van der Waals surface area contributed by atoms with E-state index in [1.165, 1.54) is 6.42 Å².